The Morgan fingerprint density at radius 1 is 1.27 bits per heavy atom. The van der Waals surface area contributed by atoms with Crippen molar-refractivity contribution in [1.29, 1.82) is 0 Å². The molecule has 1 heterocycles. The number of halogens is 1. The molecule has 0 unspecified atom stereocenters. The Labute approximate surface area is 172 Å². The van der Waals surface area contributed by atoms with Gasteiger partial charge in [0.15, 0.2) is 11.7 Å². The number of hydrogen-bond donors (Lipinski definition) is 2. The summed E-state index contributed by atoms with van der Waals surface area (Å²) in [5.74, 6) is 0.894. The van der Waals surface area contributed by atoms with Crippen molar-refractivity contribution in [3.05, 3.63) is 54.0 Å². The number of benzene rings is 1. The van der Waals surface area contributed by atoms with E-state index in [2.05, 4.69) is 27.4 Å². The number of carbonyl (C=O) groups excluding carboxylic acids is 1. The summed E-state index contributed by atoms with van der Waals surface area (Å²) in [5, 5.41) is 6.18. The molecule has 0 saturated heterocycles. The van der Waals surface area contributed by atoms with Crippen LogP contribution in [0.15, 0.2) is 52.1 Å². The quantitative estimate of drug-likeness (QED) is 0.365. The molecule has 0 aliphatic rings. The van der Waals surface area contributed by atoms with Gasteiger partial charge in [-0.05, 0) is 36.2 Å². The highest BCUT2D eigenvalue weighted by molar-refractivity contribution is 14.0. The molecule has 7 heteroatoms. The average molecular weight is 470 g/mol. The number of unbranched alkanes of at least 4 members (excludes halogenated alkanes) is 1. The van der Waals surface area contributed by atoms with Gasteiger partial charge >= 0.3 is 0 Å². The second-order valence-corrected chi connectivity index (χ2v) is 5.81. The minimum absolute atomic E-state index is 0. The number of hydrogen-bond acceptors (Lipinski definition) is 3. The number of furan rings is 1. The lowest BCUT2D eigenvalue weighted by molar-refractivity contribution is 0.0996. The van der Waals surface area contributed by atoms with Gasteiger partial charge in [0.1, 0.15) is 0 Å². The lowest BCUT2D eigenvalue weighted by Gasteiger charge is -2.22. The fraction of sp³-hybridized carbons (Fsp3) is 0.368. The molecule has 2 aromatic rings. The van der Waals surface area contributed by atoms with Crippen LogP contribution in [0.2, 0.25) is 0 Å². The van der Waals surface area contributed by atoms with Crippen LogP contribution in [0.4, 0.5) is 5.69 Å². The number of aliphatic imine (C=N–C) groups is 1. The zero-order valence-electron chi connectivity index (χ0n) is 15.5. The van der Waals surface area contributed by atoms with Gasteiger partial charge in [0.25, 0.3) is 5.91 Å². The van der Waals surface area contributed by atoms with Crippen LogP contribution >= 0.6 is 24.0 Å². The van der Waals surface area contributed by atoms with E-state index in [0.717, 1.165) is 36.6 Å². The molecule has 142 valence electrons. The molecule has 2 N–H and O–H groups in total. The van der Waals surface area contributed by atoms with E-state index >= 15 is 0 Å². The molecular formula is C19H27IN4O2. The summed E-state index contributed by atoms with van der Waals surface area (Å²) in [6, 6.07) is 11.0. The third-order valence-electron chi connectivity index (χ3n) is 3.80. The van der Waals surface area contributed by atoms with Gasteiger partial charge in [-0.25, -0.2) is 0 Å². The molecule has 0 bridgehead atoms. The molecule has 0 atom stereocenters. The first-order valence-corrected chi connectivity index (χ1v) is 8.49. The van der Waals surface area contributed by atoms with Crippen molar-refractivity contribution < 1.29 is 9.21 Å². The Bertz CT molecular complexity index is 701. The zero-order valence-corrected chi connectivity index (χ0v) is 17.8. The molecule has 6 nitrogen and oxygen atoms in total. The van der Waals surface area contributed by atoms with Gasteiger partial charge in [-0.2, -0.15) is 0 Å². The van der Waals surface area contributed by atoms with Crippen LogP contribution in [0.1, 0.15) is 35.9 Å². The van der Waals surface area contributed by atoms with Crippen molar-refractivity contribution in [3.63, 3.8) is 0 Å². The van der Waals surface area contributed by atoms with Gasteiger partial charge in [-0.3, -0.25) is 9.79 Å². The standard InChI is InChI=1S/C19H26N4O2.HI/c1-4-5-11-23(3)19(20-2)21-14-15-8-6-9-16(13-15)22-18(24)17-10-7-12-25-17;/h6-10,12-13H,4-5,11,14H2,1-3H3,(H,20,21)(H,22,24);1H. The molecule has 0 saturated carbocycles. The normalized spacial score (nSPS) is 10.8. The molecule has 26 heavy (non-hydrogen) atoms. The summed E-state index contributed by atoms with van der Waals surface area (Å²) < 4.78 is 5.10. The summed E-state index contributed by atoms with van der Waals surface area (Å²) in [6.45, 7) is 3.77. The smallest absolute Gasteiger partial charge is 0.291 e. The third-order valence-corrected chi connectivity index (χ3v) is 3.80. The second kappa shape index (κ2) is 11.6. The van der Waals surface area contributed by atoms with Crippen LogP contribution in [0.5, 0.6) is 0 Å². The molecule has 0 aliphatic heterocycles. The van der Waals surface area contributed by atoms with Gasteiger partial charge in [0.2, 0.25) is 0 Å². The summed E-state index contributed by atoms with van der Waals surface area (Å²) in [6.07, 6.45) is 3.76. The Hall–Kier alpha value is -2.03. The maximum absolute atomic E-state index is 12.0. The lowest BCUT2D eigenvalue weighted by Crippen LogP contribution is -2.38. The van der Waals surface area contributed by atoms with Crippen molar-refractivity contribution in [1.82, 2.24) is 10.2 Å². The Balaban J connectivity index is 0.00000338. The first-order valence-electron chi connectivity index (χ1n) is 8.49. The average Bonchev–Trinajstić information content (AvgIpc) is 3.15. The van der Waals surface area contributed by atoms with E-state index in [1.54, 1.807) is 19.2 Å². The van der Waals surface area contributed by atoms with E-state index in [1.807, 2.05) is 31.3 Å². The second-order valence-electron chi connectivity index (χ2n) is 5.81. The van der Waals surface area contributed by atoms with Crippen molar-refractivity contribution in [2.75, 3.05) is 26.0 Å². The molecule has 1 aromatic carbocycles. The van der Waals surface area contributed by atoms with E-state index in [9.17, 15) is 4.79 Å². The predicted molar refractivity (Wildman–Crippen MR) is 116 cm³/mol. The largest absolute Gasteiger partial charge is 0.459 e. The zero-order chi connectivity index (χ0) is 18.1. The first kappa shape index (κ1) is 22.0. The fourth-order valence-corrected chi connectivity index (χ4v) is 2.43. The van der Waals surface area contributed by atoms with Crippen molar-refractivity contribution >= 4 is 41.5 Å². The first-order chi connectivity index (χ1) is 12.1. The number of nitrogens with zero attached hydrogens (tertiary/aromatic N) is 2. The minimum Gasteiger partial charge on any atom is -0.459 e. The number of rotatable bonds is 7. The monoisotopic (exact) mass is 470 g/mol. The summed E-state index contributed by atoms with van der Waals surface area (Å²) >= 11 is 0. The van der Waals surface area contributed by atoms with Crippen LogP contribution in [0.3, 0.4) is 0 Å². The van der Waals surface area contributed by atoms with Crippen molar-refractivity contribution in [2.24, 2.45) is 4.99 Å². The highest BCUT2D eigenvalue weighted by Gasteiger charge is 2.09. The molecule has 0 aliphatic carbocycles. The molecular weight excluding hydrogens is 443 g/mol. The number of carbonyl (C=O) groups is 1. The Morgan fingerprint density at radius 2 is 2.08 bits per heavy atom. The molecule has 1 aromatic heterocycles. The molecule has 1 amide bonds. The number of amides is 1. The highest BCUT2D eigenvalue weighted by Crippen LogP contribution is 2.12. The van der Waals surface area contributed by atoms with Crippen LogP contribution < -0.4 is 10.6 Å². The van der Waals surface area contributed by atoms with E-state index in [-0.39, 0.29) is 29.9 Å². The van der Waals surface area contributed by atoms with Crippen LogP contribution in [-0.4, -0.2) is 37.4 Å². The maximum atomic E-state index is 12.0. The number of nitrogens with one attached hydrogen (secondary N) is 2. The minimum atomic E-state index is -0.259. The number of anilines is 1. The van der Waals surface area contributed by atoms with E-state index in [4.69, 9.17) is 4.42 Å². The highest BCUT2D eigenvalue weighted by atomic mass is 127. The van der Waals surface area contributed by atoms with Gasteiger partial charge < -0.3 is 20.0 Å². The summed E-state index contributed by atoms with van der Waals surface area (Å²) in [4.78, 5) is 18.5. The molecule has 0 spiro atoms. The van der Waals surface area contributed by atoms with Gasteiger partial charge in [-0.1, -0.05) is 25.5 Å². The van der Waals surface area contributed by atoms with Crippen LogP contribution in [0.25, 0.3) is 0 Å². The third kappa shape index (κ3) is 6.70. The SMILES string of the molecule is CCCCN(C)C(=NC)NCc1cccc(NC(=O)c2ccco2)c1.I. The molecule has 0 radical (unpaired) electrons. The van der Waals surface area contributed by atoms with Crippen molar-refractivity contribution in [2.45, 2.75) is 26.3 Å². The fourth-order valence-electron chi connectivity index (χ4n) is 2.43. The summed E-state index contributed by atoms with van der Waals surface area (Å²) in [7, 11) is 3.82. The topological polar surface area (TPSA) is 69.9 Å². The van der Waals surface area contributed by atoms with E-state index in [0.29, 0.717) is 12.3 Å². The predicted octanol–water partition coefficient (Wildman–Crippen LogP) is 3.96. The maximum Gasteiger partial charge on any atom is 0.291 e. The van der Waals surface area contributed by atoms with Gasteiger partial charge in [0, 0.05) is 32.9 Å². The van der Waals surface area contributed by atoms with Crippen LogP contribution in [0, 0.1) is 0 Å². The lowest BCUT2D eigenvalue weighted by atomic mass is 10.2. The molecule has 2 rings (SSSR count). The van der Waals surface area contributed by atoms with Gasteiger partial charge in [0.05, 0.1) is 6.26 Å². The Kier molecular flexibility index (Phi) is 9.79. The van der Waals surface area contributed by atoms with E-state index in [1.165, 1.54) is 6.26 Å². The van der Waals surface area contributed by atoms with Crippen molar-refractivity contribution in [3.8, 4) is 0 Å². The molecule has 0 fully saturated rings. The van der Waals surface area contributed by atoms with E-state index < -0.39 is 0 Å². The van der Waals surface area contributed by atoms with Crippen LogP contribution in [-0.2, 0) is 6.54 Å². The summed E-state index contributed by atoms with van der Waals surface area (Å²) in [5.41, 5.74) is 1.79. The Morgan fingerprint density at radius 3 is 2.73 bits per heavy atom. The van der Waals surface area contributed by atoms with Gasteiger partial charge in [-0.15, -0.1) is 24.0 Å². The number of guanidine groups is 1.